The summed E-state index contributed by atoms with van der Waals surface area (Å²) in [6, 6.07) is 4.04. The Morgan fingerprint density at radius 3 is 2.70 bits per heavy atom. The normalized spacial score (nSPS) is 21.9. The summed E-state index contributed by atoms with van der Waals surface area (Å²) in [6.07, 6.45) is 0.452. The number of benzene rings is 1. The first-order valence-electron chi connectivity index (χ1n) is 6.15. The predicted molar refractivity (Wildman–Crippen MR) is 77.4 cm³/mol. The molecule has 0 aromatic heterocycles. The number of anilines is 1. The molecule has 0 spiro atoms. The first-order valence-corrected chi connectivity index (χ1v) is 6.91. The van der Waals surface area contributed by atoms with E-state index in [2.05, 4.69) is 5.32 Å². The van der Waals surface area contributed by atoms with Crippen LogP contribution in [-0.2, 0) is 4.79 Å². The Kier molecular flexibility index (Phi) is 4.40. The lowest BCUT2D eigenvalue weighted by molar-refractivity contribution is -0.142. The highest BCUT2D eigenvalue weighted by Crippen LogP contribution is 2.28. The first kappa shape index (κ1) is 14.9. The van der Waals surface area contributed by atoms with Gasteiger partial charge in [-0.3, -0.25) is 4.79 Å². The van der Waals surface area contributed by atoms with Crippen LogP contribution in [0.25, 0.3) is 0 Å². The SMILES string of the molecule is CC1C(C(=O)O)CCN1C(=O)Nc1cc(Cl)ccc1Cl. The molecule has 1 aromatic rings. The minimum atomic E-state index is -0.881. The molecule has 0 aliphatic carbocycles. The lowest BCUT2D eigenvalue weighted by Crippen LogP contribution is -2.40. The first-order chi connectivity index (χ1) is 9.40. The Bertz CT molecular complexity index is 550. The number of carboxylic acids is 1. The third kappa shape index (κ3) is 2.99. The molecule has 2 atom stereocenters. The maximum absolute atomic E-state index is 12.2. The molecule has 7 heteroatoms. The van der Waals surface area contributed by atoms with Crippen molar-refractivity contribution in [3.8, 4) is 0 Å². The predicted octanol–water partition coefficient (Wildman–Crippen LogP) is 3.32. The second-order valence-corrected chi connectivity index (χ2v) is 5.57. The Balaban J connectivity index is 2.09. The van der Waals surface area contributed by atoms with E-state index in [1.807, 2.05) is 0 Å². The van der Waals surface area contributed by atoms with Crippen LogP contribution in [0.3, 0.4) is 0 Å². The van der Waals surface area contributed by atoms with Crippen molar-refractivity contribution in [1.29, 1.82) is 0 Å². The number of hydrogen-bond acceptors (Lipinski definition) is 2. The van der Waals surface area contributed by atoms with Crippen LogP contribution in [0.1, 0.15) is 13.3 Å². The van der Waals surface area contributed by atoms with E-state index in [0.29, 0.717) is 28.7 Å². The monoisotopic (exact) mass is 316 g/mol. The number of rotatable bonds is 2. The van der Waals surface area contributed by atoms with E-state index in [1.54, 1.807) is 25.1 Å². The standard InChI is InChI=1S/C13H14Cl2N2O3/c1-7-9(12(18)19)4-5-17(7)13(20)16-11-6-8(14)2-3-10(11)15/h2-3,6-7,9H,4-5H2,1H3,(H,16,20)(H,18,19). The zero-order valence-corrected chi connectivity index (χ0v) is 12.3. The quantitative estimate of drug-likeness (QED) is 0.879. The highest BCUT2D eigenvalue weighted by atomic mass is 35.5. The van der Waals surface area contributed by atoms with Gasteiger partial charge in [0, 0.05) is 17.6 Å². The van der Waals surface area contributed by atoms with Gasteiger partial charge in [-0.25, -0.2) is 4.79 Å². The molecule has 0 bridgehead atoms. The fourth-order valence-corrected chi connectivity index (χ4v) is 2.67. The van der Waals surface area contributed by atoms with Gasteiger partial charge in [0.15, 0.2) is 0 Å². The average Bonchev–Trinajstić information content (AvgIpc) is 2.76. The van der Waals surface area contributed by atoms with Crippen LogP contribution < -0.4 is 5.32 Å². The number of carbonyl (C=O) groups is 2. The van der Waals surface area contributed by atoms with Gasteiger partial charge in [0.05, 0.1) is 16.6 Å². The van der Waals surface area contributed by atoms with Gasteiger partial charge in [0.2, 0.25) is 0 Å². The Morgan fingerprint density at radius 2 is 2.10 bits per heavy atom. The summed E-state index contributed by atoms with van der Waals surface area (Å²) in [5.41, 5.74) is 0.412. The van der Waals surface area contributed by atoms with Crippen molar-refractivity contribution in [3.05, 3.63) is 28.2 Å². The van der Waals surface area contributed by atoms with Gasteiger partial charge in [-0.2, -0.15) is 0 Å². The number of aliphatic carboxylic acids is 1. The number of urea groups is 1. The number of amides is 2. The number of carboxylic acid groups (broad SMARTS) is 1. The number of likely N-dealkylation sites (tertiary alicyclic amines) is 1. The van der Waals surface area contributed by atoms with Crippen molar-refractivity contribution in [3.63, 3.8) is 0 Å². The summed E-state index contributed by atoms with van der Waals surface area (Å²) in [7, 11) is 0. The van der Waals surface area contributed by atoms with Gasteiger partial charge in [-0.05, 0) is 31.5 Å². The highest BCUT2D eigenvalue weighted by Gasteiger charge is 2.38. The van der Waals surface area contributed by atoms with Gasteiger partial charge in [-0.15, -0.1) is 0 Å². The third-order valence-corrected chi connectivity index (χ3v) is 4.07. The second-order valence-electron chi connectivity index (χ2n) is 4.72. The number of nitrogens with one attached hydrogen (secondary N) is 1. The van der Waals surface area contributed by atoms with Crippen molar-refractivity contribution in [1.82, 2.24) is 4.90 Å². The van der Waals surface area contributed by atoms with Crippen molar-refractivity contribution >= 4 is 40.9 Å². The summed E-state index contributed by atoms with van der Waals surface area (Å²) in [6.45, 7) is 2.13. The van der Waals surface area contributed by atoms with E-state index in [0.717, 1.165) is 0 Å². The molecule has 1 aliphatic heterocycles. The second kappa shape index (κ2) is 5.89. The fraction of sp³-hybridized carbons (Fsp3) is 0.385. The van der Waals surface area contributed by atoms with Crippen LogP contribution in [0.15, 0.2) is 18.2 Å². The van der Waals surface area contributed by atoms with Crippen LogP contribution in [0, 0.1) is 5.92 Å². The van der Waals surface area contributed by atoms with E-state index in [1.165, 1.54) is 4.90 Å². The third-order valence-electron chi connectivity index (χ3n) is 3.50. The Morgan fingerprint density at radius 1 is 1.40 bits per heavy atom. The molecule has 2 rings (SSSR count). The summed E-state index contributed by atoms with van der Waals surface area (Å²) < 4.78 is 0. The van der Waals surface area contributed by atoms with Gasteiger partial charge >= 0.3 is 12.0 Å². The van der Waals surface area contributed by atoms with Gasteiger partial charge in [-0.1, -0.05) is 23.2 Å². The van der Waals surface area contributed by atoms with Crippen molar-refractivity contribution in [2.45, 2.75) is 19.4 Å². The molecule has 1 aromatic carbocycles. The molecule has 20 heavy (non-hydrogen) atoms. The molecule has 0 radical (unpaired) electrons. The maximum Gasteiger partial charge on any atom is 0.322 e. The molecule has 1 fully saturated rings. The fourth-order valence-electron chi connectivity index (χ4n) is 2.34. The highest BCUT2D eigenvalue weighted by molar-refractivity contribution is 6.35. The van der Waals surface area contributed by atoms with Crippen molar-refractivity contribution in [2.75, 3.05) is 11.9 Å². The van der Waals surface area contributed by atoms with Crippen LogP contribution in [-0.4, -0.2) is 34.6 Å². The zero-order valence-electron chi connectivity index (χ0n) is 10.8. The van der Waals surface area contributed by atoms with E-state index in [9.17, 15) is 9.59 Å². The molecule has 1 heterocycles. The van der Waals surface area contributed by atoms with Crippen molar-refractivity contribution < 1.29 is 14.7 Å². The van der Waals surface area contributed by atoms with Gasteiger partial charge in [0.1, 0.15) is 0 Å². The molecule has 2 N–H and O–H groups in total. The summed E-state index contributed by atoms with van der Waals surface area (Å²) in [5.74, 6) is -1.41. The van der Waals surface area contributed by atoms with Crippen LogP contribution in [0.4, 0.5) is 10.5 Å². The average molecular weight is 317 g/mol. The number of carbonyl (C=O) groups excluding carboxylic acids is 1. The van der Waals surface area contributed by atoms with E-state index >= 15 is 0 Å². The zero-order chi connectivity index (χ0) is 14.9. The Labute approximate surface area is 126 Å². The number of halogens is 2. The van der Waals surface area contributed by atoms with Crippen LogP contribution in [0.5, 0.6) is 0 Å². The molecule has 1 aliphatic rings. The van der Waals surface area contributed by atoms with E-state index in [-0.39, 0.29) is 12.1 Å². The lowest BCUT2D eigenvalue weighted by Gasteiger charge is -2.23. The molecule has 2 unspecified atom stereocenters. The van der Waals surface area contributed by atoms with Crippen LogP contribution in [0.2, 0.25) is 10.0 Å². The molecule has 5 nitrogen and oxygen atoms in total. The van der Waals surface area contributed by atoms with E-state index in [4.69, 9.17) is 28.3 Å². The largest absolute Gasteiger partial charge is 0.481 e. The molecule has 1 saturated heterocycles. The maximum atomic E-state index is 12.2. The number of nitrogens with zero attached hydrogens (tertiary/aromatic N) is 1. The van der Waals surface area contributed by atoms with Gasteiger partial charge in [0.25, 0.3) is 0 Å². The molecule has 108 valence electrons. The van der Waals surface area contributed by atoms with Crippen molar-refractivity contribution in [2.24, 2.45) is 5.92 Å². The smallest absolute Gasteiger partial charge is 0.322 e. The molecular formula is C13H14Cl2N2O3. The topological polar surface area (TPSA) is 69.6 Å². The Hall–Kier alpha value is -1.46. The molecule has 2 amide bonds. The minimum absolute atomic E-state index is 0.356. The summed E-state index contributed by atoms with van der Waals surface area (Å²) in [4.78, 5) is 24.7. The molecule has 0 saturated carbocycles. The summed E-state index contributed by atoms with van der Waals surface area (Å²) in [5, 5.41) is 12.6. The van der Waals surface area contributed by atoms with Crippen LogP contribution >= 0.6 is 23.2 Å². The number of hydrogen-bond donors (Lipinski definition) is 2. The minimum Gasteiger partial charge on any atom is -0.481 e. The van der Waals surface area contributed by atoms with Gasteiger partial charge < -0.3 is 15.3 Å². The molecular weight excluding hydrogens is 303 g/mol. The lowest BCUT2D eigenvalue weighted by atomic mass is 10.0. The van der Waals surface area contributed by atoms with E-state index < -0.39 is 11.9 Å². The summed E-state index contributed by atoms with van der Waals surface area (Å²) >= 11 is 11.8.